The zero-order valence-electron chi connectivity index (χ0n) is 20.9. The highest BCUT2D eigenvalue weighted by Crippen LogP contribution is 2.50. The van der Waals surface area contributed by atoms with Crippen LogP contribution in [0.3, 0.4) is 0 Å². The zero-order chi connectivity index (χ0) is 25.4. The van der Waals surface area contributed by atoms with E-state index in [1.54, 1.807) is 0 Å². The summed E-state index contributed by atoms with van der Waals surface area (Å²) in [5.41, 5.74) is 10.8. The van der Waals surface area contributed by atoms with Gasteiger partial charge < -0.3 is 14.6 Å². The Hall–Kier alpha value is -4.28. The van der Waals surface area contributed by atoms with Crippen molar-refractivity contribution >= 4 is 24.7 Å². The molecule has 0 aromatic heterocycles. The third kappa shape index (κ3) is 4.10. The fourth-order valence-electron chi connectivity index (χ4n) is 5.45. The molecule has 0 saturated heterocycles. The van der Waals surface area contributed by atoms with Crippen molar-refractivity contribution in [3.8, 4) is 28.0 Å². The summed E-state index contributed by atoms with van der Waals surface area (Å²) in [4.78, 5) is 2.26. The molecule has 3 nitrogen and oxygen atoms in total. The van der Waals surface area contributed by atoms with E-state index in [-0.39, 0.29) is 5.41 Å². The molecular formula is C33H27BNO2. The van der Waals surface area contributed by atoms with Gasteiger partial charge in [-0.1, -0.05) is 86.6 Å². The smallest absolute Gasteiger partial charge is 0.537 e. The first kappa shape index (κ1) is 23.1. The molecule has 0 saturated carbocycles. The van der Waals surface area contributed by atoms with E-state index >= 15 is 0 Å². The van der Waals surface area contributed by atoms with Gasteiger partial charge >= 0.3 is 7.69 Å². The molecule has 0 heterocycles. The number of anilines is 3. The fraction of sp³-hybridized carbons (Fsp3) is 0.0909. The van der Waals surface area contributed by atoms with Crippen LogP contribution in [0.15, 0.2) is 121 Å². The summed E-state index contributed by atoms with van der Waals surface area (Å²) in [6.07, 6.45) is 0. The normalized spacial score (nSPS) is 12.9. The molecule has 0 unspecified atom stereocenters. The number of rotatable bonds is 6. The predicted molar refractivity (Wildman–Crippen MR) is 153 cm³/mol. The van der Waals surface area contributed by atoms with Gasteiger partial charge in [-0.25, -0.2) is 0 Å². The van der Waals surface area contributed by atoms with Crippen LogP contribution in [0.25, 0.3) is 22.3 Å². The van der Waals surface area contributed by atoms with Crippen LogP contribution in [0, 0.1) is 0 Å². The Kier molecular flexibility index (Phi) is 5.82. The van der Waals surface area contributed by atoms with Gasteiger partial charge in [0, 0.05) is 22.5 Å². The minimum absolute atomic E-state index is 0.0839. The molecule has 1 radical (unpaired) electrons. The van der Waals surface area contributed by atoms with E-state index in [0.29, 0.717) is 13.4 Å². The lowest BCUT2D eigenvalue weighted by Gasteiger charge is -2.28. The van der Waals surface area contributed by atoms with Crippen molar-refractivity contribution in [2.24, 2.45) is 0 Å². The van der Waals surface area contributed by atoms with Gasteiger partial charge in [0.2, 0.25) is 0 Å². The zero-order valence-corrected chi connectivity index (χ0v) is 20.9. The van der Waals surface area contributed by atoms with Crippen LogP contribution in [0.5, 0.6) is 5.75 Å². The van der Waals surface area contributed by atoms with Crippen LogP contribution < -0.4 is 9.55 Å². The van der Waals surface area contributed by atoms with Crippen LogP contribution in [-0.2, 0) is 5.41 Å². The Bertz CT molecular complexity index is 1540. The third-order valence-corrected chi connectivity index (χ3v) is 7.34. The van der Waals surface area contributed by atoms with E-state index < -0.39 is 0 Å². The van der Waals surface area contributed by atoms with Gasteiger partial charge in [-0.05, 0) is 81.9 Å². The molecular weight excluding hydrogens is 453 g/mol. The molecule has 6 rings (SSSR count). The van der Waals surface area contributed by atoms with Gasteiger partial charge in [-0.15, -0.1) is 0 Å². The number of benzene rings is 5. The van der Waals surface area contributed by atoms with Gasteiger partial charge in [-0.2, -0.15) is 0 Å². The largest absolute Gasteiger partial charge is 0.569 e. The Morgan fingerprint density at radius 2 is 1.16 bits per heavy atom. The molecule has 0 bridgehead atoms. The van der Waals surface area contributed by atoms with Crippen LogP contribution in [0.1, 0.15) is 25.0 Å². The van der Waals surface area contributed by atoms with Gasteiger partial charge in [0.05, 0.1) is 0 Å². The first-order valence-electron chi connectivity index (χ1n) is 12.5. The minimum atomic E-state index is -0.0839. The summed E-state index contributed by atoms with van der Waals surface area (Å²) in [7, 11) is 0.704. The first-order chi connectivity index (χ1) is 18.1. The summed E-state index contributed by atoms with van der Waals surface area (Å²) in [6, 6.07) is 42.3. The average molecular weight is 480 g/mol. The van der Waals surface area contributed by atoms with Crippen LogP contribution in [0.4, 0.5) is 17.1 Å². The van der Waals surface area contributed by atoms with E-state index in [0.717, 1.165) is 17.1 Å². The lowest BCUT2D eigenvalue weighted by Crippen LogP contribution is -2.16. The highest BCUT2D eigenvalue weighted by molar-refractivity contribution is 6.17. The predicted octanol–water partition coefficient (Wildman–Crippen LogP) is 8.04. The Morgan fingerprint density at radius 3 is 1.86 bits per heavy atom. The lowest BCUT2D eigenvalue weighted by molar-refractivity contribution is 0.454. The Labute approximate surface area is 218 Å². The lowest BCUT2D eigenvalue weighted by atomic mass is 9.82. The second kappa shape index (κ2) is 9.31. The number of hydrogen-bond acceptors (Lipinski definition) is 3. The molecule has 179 valence electrons. The molecule has 37 heavy (non-hydrogen) atoms. The van der Waals surface area contributed by atoms with E-state index in [4.69, 9.17) is 9.68 Å². The highest BCUT2D eigenvalue weighted by atomic mass is 16.5. The van der Waals surface area contributed by atoms with Crippen molar-refractivity contribution in [3.05, 3.63) is 132 Å². The summed E-state index contributed by atoms with van der Waals surface area (Å²) in [5.74, 6) is 0.580. The number of fused-ring (bicyclic) bond motifs is 3. The maximum atomic E-state index is 9.03. The highest BCUT2D eigenvalue weighted by Gasteiger charge is 2.35. The summed E-state index contributed by atoms with van der Waals surface area (Å²) in [6.45, 7) is 4.61. The summed E-state index contributed by atoms with van der Waals surface area (Å²) >= 11 is 0. The van der Waals surface area contributed by atoms with Crippen LogP contribution in [0.2, 0.25) is 0 Å². The molecule has 4 heteroatoms. The molecule has 1 aliphatic rings. The van der Waals surface area contributed by atoms with E-state index in [2.05, 4.69) is 110 Å². The molecule has 0 amide bonds. The second-order valence-corrected chi connectivity index (χ2v) is 9.87. The van der Waals surface area contributed by atoms with Crippen molar-refractivity contribution in [1.82, 2.24) is 0 Å². The summed E-state index contributed by atoms with van der Waals surface area (Å²) in [5, 5.41) is 9.03. The standard InChI is InChI=1S/C33H27BNO2/c1-33(2)31-11-7-6-10-29(31)30-21-18-27(22-32(30)33)35(26-16-19-28(20-17-26)37-34-36)25-14-12-24(13-15-25)23-8-4-3-5-9-23/h3-22,36H,1-2H3. The van der Waals surface area contributed by atoms with Gasteiger partial charge in [0.15, 0.2) is 0 Å². The molecule has 0 spiro atoms. The van der Waals surface area contributed by atoms with Crippen molar-refractivity contribution in [3.63, 3.8) is 0 Å². The molecule has 1 aliphatic carbocycles. The molecule has 5 aromatic carbocycles. The first-order valence-corrected chi connectivity index (χ1v) is 12.5. The van der Waals surface area contributed by atoms with Crippen molar-refractivity contribution in [2.45, 2.75) is 19.3 Å². The van der Waals surface area contributed by atoms with Gasteiger partial charge in [-0.3, -0.25) is 0 Å². The van der Waals surface area contributed by atoms with Gasteiger partial charge in [0.25, 0.3) is 0 Å². The van der Waals surface area contributed by atoms with E-state index in [1.165, 1.54) is 33.4 Å². The monoisotopic (exact) mass is 480 g/mol. The third-order valence-electron chi connectivity index (χ3n) is 7.34. The van der Waals surface area contributed by atoms with Crippen molar-refractivity contribution in [1.29, 1.82) is 0 Å². The van der Waals surface area contributed by atoms with Crippen LogP contribution in [-0.4, -0.2) is 12.7 Å². The maximum absolute atomic E-state index is 9.03. The second-order valence-electron chi connectivity index (χ2n) is 9.87. The molecule has 1 N–H and O–H groups in total. The number of nitrogens with zero attached hydrogens (tertiary/aromatic N) is 1. The van der Waals surface area contributed by atoms with Gasteiger partial charge in [0.1, 0.15) is 5.75 Å². The van der Waals surface area contributed by atoms with E-state index in [9.17, 15) is 0 Å². The fourth-order valence-corrected chi connectivity index (χ4v) is 5.45. The molecule has 0 aliphatic heterocycles. The Balaban J connectivity index is 1.46. The topological polar surface area (TPSA) is 32.7 Å². The molecule has 0 fully saturated rings. The van der Waals surface area contributed by atoms with Crippen LogP contribution >= 0.6 is 0 Å². The molecule has 5 aromatic rings. The molecule has 0 atom stereocenters. The SMILES string of the molecule is CC1(C)c2ccccc2-c2ccc(N(c3ccc(O[B]O)cc3)c3ccc(-c4ccccc4)cc3)cc21. The quantitative estimate of drug-likeness (QED) is 0.250. The van der Waals surface area contributed by atoms with Crippen molar-refractivity contribution < 1.29 is 9.68 Å². The summed E-state index contributed by atoms with van der Waals surface area (Å²) < 4.78 is 5.15. The number of hydrogen-bond donors (Lipinski definition) is 1. The minimum Gasteiger partial charge on any atom is -0.537 e. The average Bonchev–Trinajstić information content (AvgIpc) is 3.17. The van der Waals surface area contributed by atoms with E-state index in [1.807, 2.05) is 30.3 Å². The maximum Gasteiger partial charge on any atom is 0.569 e. The van der Waals surface area contributed by atoms with Crippen molar-refractivity contribution in [2.75, 3.05) is 4.90 Å². The Morgan fingerprint density at radius 1 is 0.595 bits per heavy atom.